The summed E-state index contributed by atoms with van der Waals surface area (Å²) < 4.78 is 48.2. The van der Waals surface area contributed by atoms with Gasteiger partial charge in [-0.25, -0.2) is 0 Å². The first-order valence-corrected chi connectivity index (χ1v) is 2.71. The third-order valence-corrected chi connectivity index (χ3v) is 1.21. The van der Waals surface area contributed by atoms with Crippen LogP contribution in [0.25, 0.3) is 0 Å². The Morgan fingerprint density at radius 2 is 1.10 bits per heavy atom. The summed E-state index contributed by atoms with van der Waals surface area (Å²) in [7, 11) is 0. The number of hydrogen-bond donors (Lipinski definition) is 2. The smallest absolute Gasteiger partial charge is 0.250 e. The van der Waals surface area contributed by atoms with E-state index in [0.29, 0.717) is 0 Å². The van der Waals surface area contributed by atoms with Crippen LogP contribution in [0.2, 0.25) is 0 Å². The highest BCUT2D eigenvalue weighted by Gasteiger charge is 2.57. The van der Waals surface area contributed by atoms with Crippen molar-refractivity contribution in [3.8, 4) is 0 Å². The molecule has 1 aliphatic heterocycles. The normalized spacial score (nSPS) is 30.0. The highest BCUT2D eigenvalue weighted by atomic mass is 19.3. The van der Waals surface area contributed by atoms with E-state index in [1.54, 1.807) is 0 Å². The van der Waals surface area contributed by atoms with Crippen LogP contribution in [0.3, 0.4) is 0 Å². The van der Waals surface area contributed by atoms with Crippen molar-refractivity contribution < 1.29 is 17.6 Å². The largest absolute Gasteiger partial charge is 0.379 e. The molecule has 0 spiro atoms. The van der Waals surface area contributed by atoms with Crippen molar-refractivity contribution in [2.45, 2.75) is 12.1 Å². The Morgan fingerprint density at radius 3 is 1.30 bits per heavy atom. The zero-order valence-electron chi connectivity index (χ0n) is 4.93. The van der Waals surface area contributed by atoms with Crippen LogP contribution < -0.4 is 10.6 Å². The zero-order valence-corrected chi connectivity index (χ0v) is 4.93. The molecule has 0 aromatic rings. The van der Waals surface area contributed by atoms with Crippen molar-refractivity contribution in [3.05, 3.63) is 0 Å². The predicted molar refractivity (Wildman–Crippen MR) is 25.9 cm³/mol. The molecule has 0 bridgehead atoms. The fraction of sp³-hybridized carbons (Fsp3) is 1.00. The molecule has 0 aromatic heterocycles. The molecule has 1 heterocycles. The van der Waals surface area contributed by atoms with Gasteiger partial charge in [-0.05, 0) is 0 Å². The van der Waals surface area contributed by atoms with Crippen molar-refractivity contribution in [1.82, 2.24) is 10.6 Å². The van der Waals surface area contributed by atoms with E-state index in [9.17, 15) is 17.6 Å². The summed E-state index contributed by atoms with van der Waals surface area (Å²) >= 11 is 0. The first-order chi connectivity index (χ1) is 4.46. The van der Waals surface area contributed by atoms with Gasteiger partial charge in [0.2, 0.25) is 0 Å². The quantitative estimate of drug-likeness (QED) is 0.393. The second-order valence-electron chi connectivity index (χ2n) is 2.00. The SMILES string of the molecule is FC1(F)NCCNC1(F)F. The molecule has 1 rings (SSSR count). The zero-order chi connectivity index (χ0) is 7.83. The molecule has 0 unspecified atom stereocenters. The van der Waals surface area contributed by atoms with E-state index in [0.717, 1.165) is 0 Å². The van der Waals surface area contributed by atoms with E-state index in [1.165, 1.54) is 10.6 Å². The highest BCUT2D eigenvalue weighted by Crippen LogP contribution is 2.30. The van der Waals surface area contributed by atoms with Gasteiger partial charge in [0, 0.05) is 13.1 Å². The summed E-state index contributed by atoms with van der Waals surface area (Å²) in [5.74, 6) is 0. The molecule has 0 amide bonds. The maximum absolute atomic E-state index is 12.1. The number of piperazine rings is 1. The van der Waals surface area contributed by atoms with Crippen molar-refractivity contribution in [2.24, 2.45) is 0 Å². The number of halogens is 4. The molecule has 60 valence electrons. The van der Waals surface area contributed by atoms with E-state index < -0.39 is 12.1 Å². The van der Waals surface area contributed by atoms with E-state index in [4.69, 9.17) is 0 Å². The molecule has 0 atom stereocenters. The van der Waals surface area contributed by atoms with Crippen LogP contribution in [0.4, 0.5) is 17.6 Å². The Hall–Kier alpha value is -0.360. The van der Waals surface area contributed by atoms with Gasteiger partial charge in [0.15, 0.2) is 0 Å². The Morgan fingerprint density at radius 1 is 0.800 bits per heavy atom. The third-order valence-electron chi connectivity index (χ3n) is 1.21. The molecule has 0 aromatic carbocycles. The average Bonchev–Trinajstić information content (AvgIpc) is 1.77. The fourth-order valence-electron chi connectivity index (χ4n) is 0.661. The van der Waals surface area contributed by atoms with Crippen LogP contribution in [-0.4, -0.2) is 25.2 Å². The Kier molecular flexibility index (Phi) is 1.60. The molecule has 1 saturated heterocycles. The minimum absolute atomic E-state index is 0.150. The van der Waals surface area contributed by atoms with Gasteiger partial charge in [0.05, 0.1) is 0 Å². The van der Waals surface area contributed by atoms with Crippen LogP contribution in [0.1, 0.15) is 0 Å². The van der Waals surface area contributed by atoms with Gasteiger partial charge in [-0.2, -0.15) is 17.6 Å². The molecule has 2 N–H and O–H groups in total. The van der Waals surface area contributed by atoms with Gasteiger partial charge in [0.1, 0.15) is 0 Å². The molecule has 1 aliphatic rings. The molecular formula is C4H6F4N2. The van der Waals surface area contributed by atoms with Crippen molar-refractivity contribution in [3.63, 3.8) is 0 Å². The van der Waals surface area contributed by atoms with Gasteiger partial charge in [0.25, 0.3) is 0 Å². The summed E-state index contributed by atoms with van der Waals surface area (Å²) in [5.41, 5.74) is 0. The first-order valence-electron chi connectivity index (χ1n) is 2.71. The fourth-order valence-corrected chi connectivity index (χ4v) is 0.661. The number of alkyl halides is 4. The minimum Gasteiger partial charge on any atom is -0.250 e. The van der Waals surface area contributed by atoms with Crippen LogP contribution >= 0.6 is 0 Å². The maximum Gasteiger partial charge on any atom is 0.379 e. The van der Waals surface area contributed by atoms with Crippen molar-refractivity contribution >= 4 is 0 Å². The molecular weight excluding hydrogens is 152 g/mol. The second kappa shape index (κ2) is 2.06. The standard InChI is InChI=1S/C4H6F4N2/c5-3(6)4(7,8)10-2-1-9-3/h9-10H,1-2H2. The number of nitrogens with one attached hydrogen (secondary N) is 2. The van der Waals surface area contributed by atoms with Crippen LogP contribution in [0, 0.1) is 0 Å². The summed E-state index contributed by atoms with van der Waals surface area (Å²) in [6.45, 7) is -0.300. The van der Waals surface area contributed by atoms with Crippen LogP contribution in [0.5, 0.6) is 0 Å². The summed E-state index contributed by atoms with van der Waals surface area (Å²) in [4.78, 5) is 0. The summed E-state index contributed by atoms with van der Waals surface area (Å²) in [5, 5.41) is 2.81. The first kappa shape index (κ1) is 7.74. The molecule has 6 heteroatoms. The molecule has 1 fully saturated rings. The lowest BCUT2D eigenvalue weighted by Crippen LogP contribution is -2.65. The van der Waals surface area contributed by atoms with Gasteiger partial charge in [-0.3, -0.25) is 10.6 Å². The van der Waals surface area contributed by atoms with Gasteiger partial charge >= 0.3 is 12.1 Å². The van der Waals surface area contributed by atoms with E-state index in [1.807, 2.05) is 0 Å². The van der Waals surface area contributed by atoms with E-state index >= 15 is 0 Å². The molecule has 10 heavy (non-hydrogen) atoms. The van der Waals surface area contributed by atoms with E-state index in [2.05, 4.69) is 0 Å². The van der Waals surface area contributed by atoms with Crippen molar-refractivity contribution in [1.29, 1.82) is 0 Å². The average molecular weight is 158 g/mol. The van der Waals surface area contributed by atoms with Gasteiger partial charge in [-0.15, -0.1) is 0 Å². The summed E-state index contributed by atoms with van der Waals surface area (Å²) in [6, 6.07) is -8.24. The lowest BCUT2D eigenvalue weighted by Gasteiger charge is -2.32. The van der Waals surface area contributed by atoms with Crippen LogP contribution in [0.15, 0.2) is 0 Å². The lowest BCUT2D eigenvalue weighted by molar-refractivity contribution is -0.254. The highest BCUT2D eigenvalue weighted by molar-refractivity contribution is 4.84. The molecule has 0 aliphatic carbocycles. The maximum atomic E-state index is 12.1. The molecule has 2 nitrogen and oxygen atoms in total. The monoisotopic (exact) mass is 158 g/mol. The van der Waals surface area contributed by atoms with Crippen LogP contribution in [-0.2, 0) is 0 Å². The van der Waals surface area contributed by atoms with Gasteiger partial charge in [-0.1, -0.05) is 0 Å². The Balaban J connectivity index is 2.70. The van der Waals surface area contributed by atoms with Crippen molar-refractivity contribution in [2.75, 3.05) is 13.1 Å². The van der Waals surface area contributed by atoms with E-state index in [-0.39, 0.29) is 13.1 Å². The summed E-state index contributed by atoms with van der Waals surface area (Å²) in [6.07, 6.45) is 0. The Labute approximate surface area is 54.6 Å². The number of hydrogen-bond acceptors (Lipinski definition) is 2. The molecule has 0 radical (unpaired) electrons. The molecule has 0 saturated carbocycles. The number of rotatable bonds is 0. The second-order valence-corrected chi connectivity index (χ2v) is 2.00. The topological polar surface area (TPSA) is 24.1 Å². The van der Waals surface area contributed by atoms with Gasteiger partial charge < -0.3 is 0 Å². The lowest BCUT2D eigenvalue weighted by atomic mass is 10.3. The minimum atomic E-state index is -4.12. The predicted octanol–water partition coefficient (Wildman–Crippen LogP) is 0.365. The third kappa shape index (κ3) is 1.08. The Bertz CT molecular complexity index is 119.